The van der Waals surface area contributed by atoms with Gasteiger partial charge in [-0.15, -0.1) is 0 Å². The Morgan fingerprint density at radius 1 is 1.19 bits per heavy atom. The SMILES string of the molecule is CC(C)CCCC(C)NC(=O)C1CCCC1. The third-order valence-corrected chi connectivity index (χ3v) is 3.53. The monoisotopic (exact) mass is 225 g/mol. The van der Waals surface area contributed by atoms with Crippen LogP contribution in [0.5, 0.6) is 0 Å². The Kier molecular flexibility index (Phi) is 5.86. The van der Waals surface area contributed by atoms with Crippen LogP contribution in [0.15, 0.2) is 0 Å². The molecule has 1 saturated carbocycles. The van der Waals surface area contributed by atoms with Crippen molar-refractivity contribution in [2.24, 2.45) is 11.8 Å². The molecule has 1 rings (SSSR count). The minimum atomic E-state index is 0.301. The molecule has 0 bridgehead atoms. The van der Waals surface area contributed by atoms with Gasteiger partial charge in [0.25, 0.3) is 0 Å². The molecule has 1 amide bonds. The third kappa shape index (κ3) is 5.00. The van der Waals surface area contributed by atoms with Gasteiger partial charge in [-0.3, -0.25) is 4.79 Å². The molecular formula is C14H27NO. The molecule has 94 valence electrons. The fourth-order valence-electron chi connectivity index (χ4n) is 2.45. The second kappa shape index (κ2) is 6.93. The van der Waals surface area contributed by atoms with Gasteiger partial charge in [-0.2, -0.15) is 0 Å². The van der Waals surface area contributed by atoms with Crippen molar-refractivity contribution < 1.29 is 4.79 Å². The third-order valence-electron chi connectivity index (χ3n) is 3.53. The Bertz CT molecular complexity index is 207. The van der Waals surface area contributed by atoms with Gasteiger partial charge in [0.2, 0.25) is 5.91 Å². The van der Waals surface area contributed by atoms with Crippen LogP contribution in [0.25, 0.3) is 0 Å². The Labute approximate surface area is 100 Å². The molecule has 2 nitrogen and oxygen atoms in total. The summed E-state index contributed by atoms with van der Waals surface area (Å²) in [6.45, 7) is 6.64. The van der Waals surface area contributed by atoms with Crippen LogP contribution in [-0.4, -0.2) is 11.9 Å². The molecule has 0 aromatic rings. The van der Waals surface area contributed by atoms with Crippen molar-refractivity contribution in [1.29, 1.82) is 0 Å². The summed E-state index contributed by atoms with van der Waals surface area (Å²) in [7, 11) is 0. The predicted molar refractivity (Wildman–Crippen MR) is 68.3 cm³/mol. The molecular weight excluding hydrogens is 198 g/mol. The molecule has 0 saturated heterocycles. The first-order valence-corrected chi connectivity index (χ1v) is 6.90. The van der Waals surface area contributed by atoms with Gasteiger partial charge in [0.15, 0.2) is 0 Å². The van der Waals surface area contributed by atoms with Crippen molar-refractivity contribution in [3.05, 3.63) is 0 Å². The molecule has 1 unspecified atom stereocenters. The zero-order valence-corrected chi connectivity index (χ0v) is 11.1. The number of hydrogen-bond acceptors (Lipinski definition) is 1. The predicted octanol–water partition coefficient (Wildman–Crippen LogP) is 3.51. The summed E-state index contributed by atoms with van der Waals surface area (Å²) < 4.78 is 0. The van der Waals surface area contributed by atoms with Crippen molar-refractivity contribution >= 4 is 5.91 Å². The van der Waals surface area contributed by atoms with Crippen LogP contribution in [-0.2, 0) is 4.79 Å². The zero-order chi connectivity index (χ0) is 12.0. The van der Waals surface area contributed by atoms with E-state index in [-0.39, 0.29) is 0 Å². The smallest absolute Gasteiger partial charge is 0.223 e. The van der Waals surface area contributed by atoms with Gasteiger partial charge in [-0.1, -0.05) is 39.5 Å². The van der Waals surface area contributed by atoms with E-state index in [0.717, 1.165) is 25.2 Å². The van der Waals surface area contributed by atoms with Crippen LogP contribution in [0.4, 0.5) is 0 Å². The van der Waals surface area contributed by atoms with E-state index in [4.69, 9.17) is 0 Å². The molecule has 16 heavy (non-hydrogen) atoms. The first-order chi connectivity index (χ1) is 7.59. The summed E-state index contributed by atoms with van der Waals surface area (Å²) in [4.78, 5) is 11.8. The molecule has 1 fully saturated rings. The molecule has 1 aliphatic rings. The van der Waals surface area contributed by atoms with Crippen LogP contribution < -0.4 is 5.32 Å². The number of carbonyl (C=O) groups is 1. The summed E-state index contributed by atoms with van der Waals surface area (Å²) in [6, 6.07) is 0.354. The zero-order valence-electron chi connectivity index (χ0n) is 11.1. The van der Waals surface area contributed by atoms with Crippen molar-refractivity contribution in [2.45, 2.75) is 71.8 Å². The molecule has 0 radical (unpaired) electrons. The summed E-state index contributed by atoms with van der Waals surface area (Å²) in [5.41, 5.74) is 0. The average molecular weight is 225 g/mol. The van der Waals surface area contributed by atoms with E-state index >= 15 is 0 Å². The van der Waals surface area contributed by atoms with Crippen LogP contribution in [0.2, 0.25) is 0 Å². The average Bonchev–Trinajstić information content (AvgIpc) is 2.69. The van der Waals surface area contributed by atoms with E-state index < -0.39 is 0 Å². The molecule has 0 heterocycles. The fourth-order valence-corrected chi connectivity index (χ4v) is 2.45. The maximum Gasteiger partial charge on any atom is 0.223 e. The lowest BCUT2D eigenvalue weighted by molar-refractivity contribution is -0.125. The Hall–Kier alpha value is -0.530. The van der Waals surface area contributed by atoms with Crippen LogP contribution >= 0.6 is 0 Å². The number of rotatable bonds is 6. The van der Waals surface area contributed by atoms with Gasteiger partial charge < -0.3 is 5.32 Å². The Balaban J connectivity index is 2.12. The number of amides is 1. The van der Waals surface area contributed by atoms with Gasteiger partial charge in [0.05, 0.1) is 0 Å². The molecule has 0 aromatic heterocycles. The molecule has 1 atom stereocenters. The van der Waals surface area contributed by atoms with Gasteiger partial charge >= 0.3 is 0 Å². The van der Waals surface area contributed by atoms with Gasteiger partial charge in [-0.25, -0.2) is 0 Å². The van der Waals surface area contributed by atoms with Gasteiger partial charge in [-0.05, 0) is 32.1 Å². The van der Waals surface area contributed by atoms with Crippen LogP contribution in [0, 0.1) is 11.8 Å². The van der Waals surface area contributed by atoms with E-state index in [1.807, 2.05) is 0 Å². The first-order valence-electron chi connectivity index (χ1n) is 6.90. The largest absolute Gasteiger partial charge is 0.353 e. The molecule has 0 spiro atoms. The van der Waals surface area contributed by atoms with Crippen LogP contribution in [0.3, 0.4) is 0 Å². The standard InChI is InChI=1S/C14H27NO/c1-11(2)7-6-8-12(3)15-14(16)13-9-4-5-10-13/h11-13H,4-10H2,1-3H3,(H,15,16). The minimum absolute atomic E-state index is 0.301. The van der Waals surface area contributed by atoms with E-state index in [2.05, 4.69) is 26.1 Å². The van der Waals surface area contributed by atoms with E-state index in [1.165, 1.54) is 25.7 Å². The van der Waals surface area contributed by atoms with Gasteiger partial charge in [0, 0.05) is 12.0 Å². The highest BCUT2D eigenvalue weighted by Crippen LogP contribution is 2.24. The summed E-state index contributed by atoms with van der Waals surface area (Å²) in [5.74, 6) is 1.39. The fraction of sp³-hybridized carbons (Fsp3) is 0.929. The number of nitrogens with one attached hydrogen (secondary N) is 1. The molecule has 0 aromatic carbocycles. The summed E-state index contributed by atoms with van der Waals surface area (Å²) >= 11 is 0. The maximum absolute atomic E-state index is 11.8. The van der Waals surface area contributed by atoms with E-state index in [0.29, 0.717) is 17.9 Å². The highest BCUT2D eigenvalue weighted by Gasteiger charge is 2.23. The molecule has 1 N–H and O–H groups in total. The highest BCUT2D eigenvalue weighted by molar-refractivity contribution is 5.79. The van der Waals surface area contributed by atoms with Crippen molar-refractivity contribution in [1.82, 2.24) is 5.32 Å². The normalized spacial score (nSPS) is 19.0. The topological polar surface area (TPSA) is 29.1 Å². The van der Waals surface area contributed by atoms with Crippen molar-refractivity contribution in [3.8, 4) is 0 Å². The molecule has 0 aliphatic heterocycles. The second-order valence-electron chi connectivity index (χ2n) is 5.72. The molecule has 2 heteroatoms. The lowest BCUT2D eigenvalue weighted by Gasteiger charge is -2.17. The summed E-state index contributed by atoms with van der Waals surface area (Å²) in [5, 5.41) is 3.16. The van der Waals surface area contributed by atoms with Crippen LogP contribution in [0.1, 0.15) is 65.7 Å². The Morgan fingerprint density at radius 3 is 2.38 bits per heavy atom. The lowest BCUT2D eigenvalue weighted by Crippen LogP contribution is -2.36. The van der Waals surface area contributed by atoms with E-state index in [9.17, 15) is 4.79 Å². The second-order valence-corrected chi connectivity index (χ2v) is 5.72. The minimum Gasteiger partial charge on any atom is -0.353 e. The quantitative estimate of drug-likeness (QED) is 0.736. The summed E-state index contributed by atoms with van der Waals surface area (Å²) in [6.07, 6.45) is 8.29. The molecule has 1 aliphatic carbocycles. The van der Waals surface area contributed by atoms with E-state index in [1.54, 1.807) is 0 Å². The first kappa shape index (κ1) is 13.5. The Morgan fingerprint density at radius 2 is 1.81 bits per heavy atom. The van der Waals surface area contributed by atoms with Gasteiger partial charge in [0.1, 0.15) is 0 Å². The lowest BCUT2D eigenvalue weighted by atomic mass is 10.0. The number of hydrogen-bond donors (Lipinski definition) is 1. The van der Waals surface area contributed by atoms with Crippen molar-refractivity contribution in [2.75, 3.05) is 0 Å². The van der Waals surface area contributed by atoms with Crippen molar-refractivity contribution in [3.63, 3.8) is 0 Å². The maximum atomic E-state index is 11.8. The highest BCUT2D eigenvalue weighted by atomic mass is 16.1. The number of carbonyl (C=O) groups excluding carboxylic acids is 1.